The maximum absolute atomic E-state index is 5.16. The van der Waals surface area contributed by atoms with Crippen molar-refractivity contribution in [2.45, 2.75) is 19.5 Å². The van der Waals surface area contributed by atoms with E-state index in [0.717, 1.165) is 12.1 Å². The molecule has 0 amide bonds. The van der Waals surface area contributed by atoms with E-state index in [4.69, 9.17) is 9.47 Å². The third-order valence-electron chi connectivity index (χ3n) is 2.10. The van der Waals surface area contributed by atoms with E-state index in [1.807, 2.05) is 12.1 Å². The van der Waals surface area contributed by atoms with Gasteiger partial charge in [0, 0.05) is 31.5 Å². The molecular formula is C11H18N2O2. The number of methoxy groups -OCH3 is 2. The Bertz CT molecular complexity index is 292. The quantitative estimate of drug-likeness (QED) is 0.766. The van der Waals surface area contributed by atoms with Gasteiger partial charge < -0.3 is 14.8 Å². The van der Waals surface area contributed by atoms with Gasteiger partial charge in [0.05, 0.1) is 13.7 Å². The van der Waals surface area contributed by atoms with Crippen LogP contribution in [0.5, 0.6) is 5.88 Å². The van der Waals surface area contributed by atoms with E-state index in [0.29, 0.717) is 18.5 Å². The summed E-state index contributed by atoms with van der Waals surface area (Å²) < 4.78 is 10.2. The molecule has 1 N–H and O–H groups in total. The summed E-state index contributed by atoms with van der Waals surface area (Å²) in [4.78, 5) is 4.13. The second-order valence-corrected chi connectivity index (χ2v) is 3.41. The van der Waals surface area contributed by atoms with E-state index in [1.54, 1.807) is 20.4 Å². The summed E-state index contributed by atoms with van der Waals surface area (Å²) in [5.41, 5.74) is 1.06. The van der Waals surface area contributed by atoms with Crippen LogP contribution in [0.4, 0.5) is 0 Å². The summed E-state index contributed by atoms with van der Waals surface area (Å²) in [7, 11) is 3.33. The number of hydrogen-bond acceptors (Lipinski definition) is 4. The zero-order chi connectivity index (χ0) is 11.1. The smallest absolute Gasteiger partial charge is 0.217 e. The number of hydrogen-bond donors (Lipinski definition) is 1. The maximum atomic E-state index is 5.16. The maximum Gasteiger partial charge on any atom is 0.217 e. The van der Waals surface area contributed by atoms with Crippen LogP contribution in [0.2, 0.25) is 0 Å². The van der Waals surface area contributed by atoms with Gasteiger partial charge in [-0.05, 0) is 13.0 Å². The van der Waals surface area contributed by atoms with E-state index in [-0.39, 0.29) is 0 Å². The number of pyridine rings is 1. The average molecular weight is 210 g/mol. The Labute approximate surface area is 90.6 Å². The summed E-state index contributed by atoms with van der Waals surface area (Å²) >= 11 is 0. The van der Waals surface area contributed by atoms with Crippen molar-refractivity contribution in [3.05, 3.63) is 23.9 Å². The van der Waals surface area contributed by atoms with Crippen molar-refractivity contribution in [3.8, 4) is 5.88 Å². The minimum absolute atomic E-state index is 0.319. The Balaban J connectivity index is 2.49. The average Bonchev–Trinajstić information content (AvgIpc) is 2.27. The van der Waals surface area contributed by atoms with Crippen LogP contribution in [0, 0.1) is 0 Å². The molecule has 0 saturated heterocycles. The Hall–Kier alpha value is -1.13. The molecule has 0 aliphatic carbocycles. The van der Waals surface area contributed by atoms with Crippen molar-refractivity contribution >= 4 is 0 Å². The normalized spacial score (nSPS) is 12.5. The predicted octanol–water partition coefficient (Wildman–Crippen LogP) is 1.21. The standard InChI is InChI=1S/C11H18N2O2/c1-9(8-14-2)13-7-10-5-4-6-12-11(10)15-3/h4-6,9,13H,7-8H2,1-3H3. The molecule has 0 aromatic carbocycles. The molecule has 0 radical (unpaired) electrons. The van der Waals surface area contributed by atoms with Crippen molar-refractivity contribution in [1.29, 1.82) is 0 Å². The van der Waals surface area contributed by atoms with Crippen molar-refractivity contribution in [2.75, 3.05) is 20.8 Å². The predicted molar refractivity (Wildman–Crippen MR) is 59.0 cm³/mol. The molecule has 4 nitrogen and oxygen atoms in total. The van der Waals surface area contributed by atoms with Crippen LogP contribution in [0.3, 0.4) is 0 Å². The summed E-state index contributed by atoms with van der Waals surface area (Å²) in [5, 5.41) is 3.33. The van der Waals surface area contributed by atoms with Crippen LogP contribution < -0.4 is 10.1 Å². The van der Waals surface area contributed by atoms with Crippen molar-refractivity contribution in [3.63, 3.8) is 0 Å². The first-order chi connectivity index (χ1) is 7.27. The fraction of sp³-hybridized carbons (Fsp3) is 0.545. The van der Waals surface area contributed by atoms with E-state index in [1.165, 1.54) is 0 Å². The van der Waals surface area contributed by atoms with E-state index in [9.17, 15) is 0 Å². The molecule has 0 aliphatic rings. The van der Waals surface area contributed by atoms with Gasteiger partial charge in [-0.2, -0.15) is 0 Å². The molecule has 1 aromatic rings. The molecule has 0 spiro atoms. The monoisotopic (exact) mass is 210 g/mol. The first-order valence-corrected chi connectivity index (χ1v) is 4.98. The third-order valence-corrected chi connectivity index (χ3v) is 2.10. The second kappa shape index (κ2) is 6.37. The topological polar surface area (TPSA) is 43.4 Å². The highest BCUT2D eigenvalue weighted by Crippen LogP contribution is 2.12. The van der Waals surface area contributed by atoms with Crippen LogP contribution >= 0.6 is 0 Å². The molecule has 1 aromatic heterocycles. The zero-order valence-corrected chi connectivity index (χ0v) is 9.49. The molecular weight excluding hydrogens is 192 g/mol. The molecule has 1 atom stereocenters. The highest BCUT2D eigenvalue weighted by atomic mass is 16.5. The van der Waals surface area contributed by atoms with Gasteiger partial charge in [-0.25, -0.2) is 4.98 Å². The van der Waals surface area contributed by atoms with Crippen LogP contribution in [0.15, 0.2) is 18.3 Å². The number of aromatic nitrogens is 1. The minimum atomic E-state index is 0.319. The zero-order valence-electron chi connectivity index (χ0n) is 9.49. The molecule has 0 fully saturated rings. The number of nitrogens with one attached hydrogen (secondary N) is 1. The van der Waals surface area contributed by atoms with Gasteiger partial charge in [0.1, 0.15) is 0 Å². The van der Waals surface area contributed by atoms with Gasteiger partial charge >= 0.3 is 0 Å². The van der Waals surface area contributed by atoms with Crippen LogP contribution in [0.1, 0.15) is 12.5 Å². The number of rotatable bonds is 6. The van der Waals surface area contributed by atoms with Crippen LogP contribution in [-0.4, -0.2) is 31.9 Å². The van der Waals surface area contributed by atoms with E-state index >= 15 is 0 Å². The summed E-state index contributed by atoms with van der Waals surface area (Å²) in [6, 6.07) is 4.22. The van der Waals surface area contributed by atoms with Crippen molar-refractivity contribution in [2.24, 2.45) is 0 Å². The Morgan fingerprint density at radius 3 is 2.93 bits per heavy atom. The molecule has 15 heavy (non-hydrogen) atoms. The van der Waals surface area contributed by atoms with Gasteiger partial charge in [0.25, 0.3) is 0 Å². The lowest BCUT2D eigenvalue weighted by molar-refractivity contribution is 0.171. The fourth-order valence-corrected chi connectivity index (χ4v) is 1.34. The molecule has 1 unspecified atom stereocenters. The SMILES string of the molecule is COCC(C)NCc1cccnc1OC. The molecule has 0 bridgehead atoms. The lowest BCUT2D eigenvalue weighted by Crippen LogP contribution is -2.29. The highest BCUT2D eigenvalue weighted by molar-refractivity contribution is 5.25. The van der Waals surface area contributed by atoms with Gasteiger partial charge in [0.15, 0.2) is 0 Å². The van der Waals surface area contributed by atoms with Crippen LogP contribution in [0.25, 0.3) is 0 Å². The van der Waals surface area contributed by atoms with E-state index < -0.39 is 0 Å². The molecule has 0 aliphatic heterocycles. The van der Waals surface area contributed by atoms with Gasteiger partial charge in [-0.15, -0.1) is 0 Å². The Kier molecular flexibility index (Phi) is 5.07. The van der Waals surface area contributed by atoms with Crippen molar-refractivity contribution < 1.29 is 9.47 Å². The number of ether oxygens (including phenoxy) is 2. The molecule has 84 valence electrons. The van der Waals surface area contributed by atoms with E-state index in [2.05, 4.69) is 17.2 Å². The third kappa shape index (κ3) is 3.85. The van der Waals surface area contributed by atoms with Crippen molar-refractivity contribution in [1.82, 2.24) is 10.3 Å². The second-order valence-electron chi connectivity index (χ2n) is 3.41. The first-order valence-electron chi connectivity index (χ1n) is 4.98. The van der Waals surface area contributed by atoms with Gasteiger partial charge in [-0.1, -0.05) is 6.07 Å². The van der Waals surface area contributed by atoms with Gasteiger partial charge in [0.2, 0.25) is 5.88 Å². The largest absolute Gasteiger partial charge is 0.481 e. The summed E-state index contributed by atoms with van der Waals surface area (Å²) in [5.74, 6) is 0.676. The lowest BCUT2D eigenvalue weighted by Gasteiger charge is -2.13. The van der Waals surface area contributed by atoms with Gasteiger partial charge in [-0.3, -0.25) is 0 Å². The minimum Gasteiger partial charge on any atom is -0.481 e. The Morgan fingerprint density at radius 2 is 2.27 bits per heavy atom. The fourth-order valence-electron chi connectivity index (χ4n) is 1.34. The number of nitrogens with zero attached hydrogens (tertiary/aromatic N) is 1. The molecule has 1 heterocycles. The molecule has 4 heteroatoms. The Morgan fingerprint density at radius 1 is 1.47 bits per heavy atom. The summed E-state index contributed by atoms with van der Waals surface area (Å²) in [6.45, 7) is 3.51. The molecule has 1 rings (SSSR count). The van der Waals surface area contributed by atoms with Crippen LogP contribution in [-0.2, 0) is 11.3 Å². The molecule has 0 saturated carbocycles. The summed E-state index contributed by atoms with van der Waals surface area (Å²) in [6.07, 6.45) is 1.72. The first kappa shape index (κ1) is 11.9. The highest BCUT2D eigenvalue weighted by Gasteiger charge is 2.05. The lowest BCUT2D eigenvalue weighted by atomic mass is 10.2.